The van der Waals surface area contributed by atoms with Gasteiger partial charge in [-0.1, -0.05) is 19.1 Å². The van der Waals surface area contributed by atoms with Crippen molar-refractivity contribution in [2.24, 2.45) is 0 Å². The number of hydrogen-bond acceptors (Lipinski definition) is 5. The second-order valence-corrected chi connectivity index (χ2v) is 8.36. The number of nitrogens with zero attached hydrogens (tertiary/aromatic N) is 4. The maximum absolute atomic E-state index is 12.4. The molecule has 7 nitrogen and oxygen atoms in total. The van der Waals surface area contributed by atoms with E-state index in [0.717, 1.165) is 46.7 Å². The van der Waals surface area contributed by atoms with Gasteiger partial charge in [-0.3, -0.25) is 9.36 Å². The number of aryl methyl sites for hydroxylation is 3. The number of para-hydroxylation sites is 1. The molecule has 3 aromatic rings. The van der Waals surface area contributed by atoms with Gasteiger partial charge in [0.25, 0.3) is 0 Å². The van der Waals surface area contributed by atoms with Gasteiger partial charge in [-0.05, 0) is 31.4 Å². The van der Waals surface area contributed by atoms with Gasteiger partial charge in [-0.25, -0.2) is 14.5 Å². The van der Waals surface area contributed by atoms with E-state index >= 15 is 0 Å². The number of amides is 1. The quantitative estimate of drug-likeness (QED) is 0.691. The molecule has 1 unspecified atom stereocenters. The van der Waals surface area contributed by atoms with E-state index in [9.17, 15) is 9.59 Å². The van der Waals surface area contributed by atoms with E-state index in [-0.39, 0.29) is 17.6 Å². The highest BCUT2D eigenvalue weighted by Crippen LogP contribution is 2.22. The van der Waals surface area contributed by atoms with Crippen LogP contribution in [0.15, 0.2) is 29.1 Å². The zero-order valence-corrected chi connectivity index (χ0v) is 16.9. The molecular formula is C20H25N5O2S. The Balaban J connectivity index is 1.31. The first-order chi connectivity index (χ1) is 13.6. The largest absolute Gasteiger partial charge is 0.353 e. The van der Waals surface area contributed by atoms with Gasteiger partial charge >= 0.3 is 5.69 Å². The maximum Gasteiger partial charge on any atom is 0.345 e. The first-order valence-electron chi connectivity index (χ1n) is 9.94. The summed E-state index contributed by atoms with van der Waals surface area (Å²) in [5, 5.41) is 8.59. The van der Waals surface area contributed by atoms with E-state index in [1.54, 1.807) is 20.6 Å². The molecule has 0 fully saturated rings. The first kappa shape index (κ1) is 18.9. The van der Waals surface area contributed by atoms with Crippen molar-refractivity contribution in [2.75, 3.05) is 0 Å². The molecule has 0 saturated carbocycles. The maximum atomic E-state index is 12.4. The van der Waals surface area contributed by atoms with Gasteiger partial charge in [0.1, 0.15) is 5.82 Å². The molecule has 2 aromatic heterocycles. The molecule has 0 bridgehead atoms. The molecule has 1 aliphatic rings. The molecule has 1 atom stereocenters. The molecule has 0 spiro atoms. The minimum absolute atomic E-state index is 0.0281. The average molecular weight is 400 g/mol. The van der Waals surface area contributed by atoms with Crippen molar-refractivity contribution >= 4 is 27.5 Å². The fraction of sp³-hybridized carbons (Fsp3) is 0.500. The van der Waals surface area contributed by atoms with Crippen LogP contribution in [0, 0.1) is 0 Å². The predicted molar refractivity (Wildman–Crippen MR) is 110 cm³/mol. The summed E-state index contributed by atoms with van der Waals surface area (Å²) < 4.78 is 4.49. The standard InChI is InChI=1S/C20H25N5O2S/c1-2-12-25-20(27)24-13-11-14(7-8-17(24)23-25)21-18(26)9-10-19-22-15-5-3-4-6-16(15)28-19/h3-6,14H,2,7-13H2,1H3,(H,21,26). The van der Waals surface area contributed by atoms with Crippen molar-refractivity contribution in [1.82, 2.24) is 24.6 Å². The Morgan fingerprint density at radius 2 is 2.18 bits per heavy atom. The Labute approximate surface area is 167 Å². The Morgan fingerprint density at radius 3 is 3.00 bits per heavy atom. The van der Waals surface area contributed by atoms with Crippen molar-refractivity contribution in [3.05, 3.63) is 45.6 Å². The van der Waals surface area contributed by atoms with Crippen LogP contribution in [0.3, 0.4) is 0 Å². The van der Waals surface area contributed by atoms with Crippen molar-refractivity contribution in [3.8, 4) is 0 Å². The topological polar surface area (TPSA) is 81.8 Å². The van der Waals surface area contributed by atoms with Crippen LogP contribution < -0.4 is 11.0 Å². The predicted octanol–water partition coefficient (Wildman–Crippen LogP) is 2.52. The first-order valence-corrected chi connectivity index (χ1v) is 10.8. The second-order valence-electron chi connectivity index (χ2n) is 7.24. The number of hydrogen-bond donors (Lipinski definition) is 1. The molecule has 0 saturated heterocycles. The van der Waals surface area contributed by atoms with Crippen LogP contribution in [0.25, 0.3) is 10.2 Å². The summed E-state index contributed by atoms with van der Waals surface area (Å²) in [5.74, 6) is 0.886. The third-order valence-corrected chi connectivity index (χ3v) is 6.22. The molecule has 0 radical (unpaired) electrons. The summed E-state index contributed by atoms with van der Waals surface area (Å²) >= 11 is 1.65. The molecule has 1 aliphatic heterocycles. The summed E-state index contributed by atoms with van der Waals surface area (Å²) in [6.07, 6.45) is 4.27. The average Bonchev–Trinajstić information content (AvgIpc) is 3.17. The molecule has 1 N–H and O–H groups in total. The summed E-state index contributed by atoms with van der Waals surface area (Å²) in [5.41, 5.74) is 0.967. The van der Waals surface area contributed by atoms with E-state index in [2.05, 4.69) is 21.5 Å². The Hall–Kier alpha value is -2.48. The number of nitrogens with one attached hydrogen (secondary N) is 1. The van der Waals surface area contributed by atoms with Crippen LogP contribution in [0.1, 0.15) is 43.4 Å². The molecule has 148 valence electrons. The molecule has 1 amide bonds. The highest BCUT2D eigenvalue weighted by molar-refractivity contribution is 7.18. The van der Waals surface area contributed by atoms with Gasteiger partial charge in [0, 0.05) is 38.4 Å². The van der Waals surface area contributed by atoms with Crippen LogP contribution in [0.2, 0.25) is 0 Å². The zero-order chi connectivity index (χ0) is 19.5. The zero-order valence-electron chi connectivity index (χ0n) is 16.1. The minimum Gasteiger partial charge on any atom is -0.353 e. The fourth-order valence-electron chi connectivity index (χ4n) is 3.68. The Morgan fingerprint density at radius 1 is 1.32 bits per heavy atom. The number of thiazole rings is 1. The lowest BCUT2D eigenvalue weighted by Gasteiger charge is -2.15. The number of fused-ring (bicyclic) bond motifs is 2. The molecule has 8 heteroatoms. The lowest BCUT2D eigenvalue weighted by Crippen LogP contribution is -2.36. The minimum atomic E-state index is -0.0281. The van der Waals surface area contributed by atoms with Gasteiger partial charge in [-0.2, -0.15) is 5.10 Å². The van der Waals surface area contributed by atoms with Crippen LogP contribution in [0.5, 0.6) is 0 Å². The van der Waals surface area contributed by atoms with Crippen LogP contribution >= 0.6 is 11.3 Å². The van der Waals surface area contributed by atoms with Crippen LogP contribution in [-0.2, 0) is 30.7 Å². The van der Waals surface area contributed by atoms with Crippen molar-refractivity contribution in [3.63, 3.8) is 0 Å². The number of carbonyl (C=O) groups is 1. The van der Waals surface area contributed by atoms with Crippen molar-refractivity contribution in [1.29, 1.82) is 0 Å². The highest BCUT2D eigenvalue weighted by atomic mass is 32.1. The third kappa shape index (κ3) is 4.01. The number of rotatable bonds is 6. The second kappa shape index (κ2) is 8.26. The molecule has 1 aromatic carbocycles. The van der Waals surface area contributed by atoms with Crippen molar-refractivity contribution < 1.29 is 4.79 Å². The smallest absolute Gasteiger partial charge is 0.345 e. The van der Waals surface area contributed by atoms with Gasteiger partial charge in [0.15, 0.2) is 0 Å². The molecular weight excluding hydrogens is 374 g/mol. The Kier molecular flexibility index (Phi) is 5.57. The van der Waals surface area contributed by atoms with E-state index < -0.39 is 0 Å². The number of benzene rings is 1. The monoisotopic (exact) mass is 399 g/mol. The number of aromatic nitrogens is 4. The van der Waals surface area contributed by atoms with Crippen LogP contribution in [0.4, 0.5) is 0 Å². The summed E-state index contributed by atoms with van der Waals surface area (Å²) in [6.45, 7) is 3.31. The van der Waals surface area contributed by atoms with Gasteiger partial charge in [0.05, 0.1) is 15.2 Å². The summed E-state index contributed by atoms with van der Waals surface area (Å²) in [4.78, 5) is 29.4. The normalized spacial score (nSPS) is 16.7. The Bertz CT molecular complexity index is 1000. The molecule has 28 heavy (non-hydrogen) atoms. The fourth-order valence-corrected chi connectivity index (χ4v) is 4.64. The van der Waals surface area contributed by atoms with Crippen LogP contribution in [-0.4, -0.2) is 31.3 Å². The van der Waals surface area contributed by atoms with Gasteiger partial charge < -0.3 is 5.32 Å². The van der Waals surface area contributed by atoms with E-state index in [4.69, 9.17) is 0 Å². The number of carbonyl (C=O) groups excluding carboxylic acids is 1. The van der Waals surface area contributed by atoms with Gasteiger partial charge in [-0.15, -0.1) is 11.3 Å². The highest BCUT2D eigenvalue weighted by Gasteiger charge is 2.22. The third-order valence-electron chi connectivity index (χ3n) is 5.12. The summed E-state index contributed by atoms with van der Waals surface area (Å²) in [7, 11) is 0. The van der Waals surface area contributed by atoms with Gasteiger partial charge in [0.2, 0.25) is 5.91 Å². The summed E-state index contributed by atoms with van der Waals surface area (Å²) in [6, 6.07) is 8.12. The lowest BCUT2D eigenvalue weighted by atomic mass is 10.1. The SMILES string of the molecule is CCCn1nc2n(c1=O)CCC(NC(=O)CCc1nc3ccccc3s1)CC2. The van der Waals surface area contributed by atoms with Crippen molar-refractivity contribution in [2.45, 2.75) is 64.6 Å². The van der Waals surface area contributed by atoms with E-state index in [1.807, 2.05) is 25.1 Å². The lowest BCUT2D eigenvalue weighted by molar-refractivity contribution is -0.121. The molecule has 3 heterocycles. The van der Waals surface area contributed by atoms with E-state index in [0.29, 0.717) is 25.9 Å². The molecule has 4 rings (SSSR count). The van der Waals surface area contributed by atoms with E-state index in [1.165, 1.54) is 0 Å². The molecule has 0 aliphatic carbocycles.